The maximum Gasteiger partial charge on any atom is 0.305 e. The Morgan fingerprint density at radius 1 is 0.913 bits per heavy atom. The van der Waals surface area contributed by atoms with Crippen LogP contribution in [-0.4, -0.2) is 52.8 Å². The fourth-order valence-corrected chi connectivity index (χ4v) is 7.28. The normalized spacial score (nSPS) is 19.5. The Kier molecular flexibility index (Phi) is 9.68. The van der Waals surface area contributed by atoms with Crippen LogP contribution in [0.25, 0.3) is 0 Å². The molecule has 0 radical (unpaired) electrons. The molecule has 3 aliphatic rings. The van der Waals surface area contributed by atoms with Crippen LogP contribution in [0.15, 0.2) is 82.4 Å². The van der Waals surface area contributed by atoms with Gasteiger partial charge in [-0.2, -0.15) is 9.48 Å². The summed E-state index contributed by atoms with van der Waals surface area (Å²) in [5, 5.41) is 9.13. The molecule has 0 amide bonds. The number of esters is 1. The number of carbonyl (C=O) groups is 3. The SMILES string of the molecule is CCOC(=O)CCCC[N+]1=C(/C=C2\C(=O)C(/C=C3/N(CCCCC(=O)O)c4ccccc4C3(C)C)=C2[S-])C(C)(C)c2ccccc21. The number of anilines is 1. The molecule has 0 aromatic heterocycles. The van der Waals surface area contributed by atoms with Crippen LogP contribution in [0, 0.1) is 0 Å². The monoisotopic (exact) mass is 640 g/mol. The number of nitrogens with zero attached hydrogens (tertiary/aromatic N) is 2. The van der Waals surface area contributed by atoms with E-state index in [4.69, 9.17) is 22.5 Å². The van der Waals surface area contributed by atoms with E-state index in [9.17, 15) is 14.4 Å². The van der Waals surface area contributed by atoms with Gasteiger partial charge in [0.25, 0.3) is 0 Å². The van der Waals surface area contributed by atoms with Crippen LogP contribution in [0.4, 0.5) is 11.4 Å². The van der Waals surface area contributed by atoms with Gasteiger partial charge in [0.1, 0.15) is 6.54 Å². The van der Waals surface area contributed by atoms with Crippen molar-refractivity contribution < 1.29 is 28.8 Å². The summed E-state index contributed by atoms with van der Waals surface area (Å²) in [6.07, 6.45) is 7.28. The lowest BCUT2D eigenvalue weighted by Gasteiger charge is -2.33. The van der Waals surface area contributed by atoms with E-state index < -0.39 is 5.97 Å². The van der Waals surface area contributed by atoms with Gasteiger partial charge in [-0.1, -0.05) is 50.2 Å². The molecule has 2 heterocycles. The Bertz CT molecular complexity index is 1690. The third-order valence-corrected chi connectivity index (χ3v) is 9.92. The highest BCUT2D eigenvalue weighted by Gasteiger charge is 2.46. The molecule has 0 spiro atoms. The highest BCUT2D eigenvalue weighted by molar-refractivity contribution is 7.64. The van der Waals surface area contributed by atoms with Gasteiger partial charge in [0.15, 0.2) is 11.5 Å². The number of para-hydroxylation sites is 2. The predicted octanol–water partition coefficient (Wildman–Crippen LogP) is 7.04. The summed E-state index contributed by atoms with van der Waals surface area (Å²) in [5.41, 5.74) is 7.00. The molecule has 0 fully saturated rings. The summed E-state index contributed by atoms with van der Waals surface area (Å²) in [4.78, 5) is 39.7. The number of Topliss-reactive ketones (excluding diaryl/α,β-unsaturated/α-hetero) is 1. The second-order valence-electron chi connectivity index (χ2n) is 13.2. The number of fused-ring (bicyclic) bond motifs is 2. The van der Waals surface area contributed by atoms with Gasteiger partial charge in [0.05, 0.1) is 12.0 Å². The first-order valence-corrected chi connectivity index (χ1v) is 16.7. The third-order valence-electron chi connectivity index (χ3n) is 9.48. The number of rotatable bonds is 13. The van der Waals surface area contributed by atoms with Crippen molar-refractivity contribution in [1.29, 1.82) is 0 Å². The molecule has 2 aromatic rings. The lowest BCUT2D eigenvalue weighted by Crippen LogP contribution is -2.32. The maximum atomic E-state index is 13.9. The van der Waals surface area contributed by atoms with E-state index in [1.807, 2.05) is 43.3 Å². The molecule has 46 heavy (non-hydrogen) atoms. The van der Waals surface area contributed by atoms with Crippen molar-refractivity contribution in [1.82, 2.24) is 0 Å². The van der Waals surface area contributed by atoms with Gasteiger partial charge >= 0.3 is 11.9 Å². The first kappa shape index (κ1) is 33.3. The zero-order chi connectivity index (χ0) is 33.2. The zero-order valence-electron chi connectivity index (χ0n) is 27.5. The number of benzene rings is 2. The molecule has 0 bridgehead atoms. The van der Waals surface area contributed by atoms with Crippen LogP contribution in [0.2, 0.25) is 0 Å². The topological polar surface area (TPSA) is 86.9 Å². The fourth-order valence-electron chi connectivity index (χ4n) is 6.97. The van der Waals surface area contributed by atoms with E-state index >= 15 is 0 Å². The van der Waals surface area contributed by atoms with Gasteiger partial charge in [-0.25, -0.2) is 0 Å². The van der Waals surface area contributed by atoms with Crippen LogP contribution < -0.4 is 4.90 Å². The molecular formula is C38H44N2O5S. The smallest absolute Gasteiger partial charge is 0.305 e. The minimum absolute atomic E-state index is 0.0587. The number of carboxylic acids is 1. The Balaban J connectivity index is 1.47. The Hall–Kier alpha value is -4.04. The number of aliphatic carboxylic acids is 1. The van der Waals surface area contributed by atoms with Crippen LogP contribution >= 0.6 is 0 Å². The van der Waals surface area contributed by atoms with Gasteiger partial charge in [0, 0.05) is 71.5 Å². The highest BCUT2D eigenvalue weighted by Crippen LogP contribution is 2.49. The number of carbonyl (C=O) groups excluding carboxylic acids is 2. The summed E-state index contributed by atoms with van der Waals surface area (Å²) < 4.78 is 7.37. The Labute approximate surface area is 277 Å². The van der Waals surface area contributed by atoms with Crippen molar-refractivity contribution in [3.8, 4) is 0 Å². The number of ketones is 1. The minimum Gasteiger partial charge on any atom is -0.778 e. The highest BCUT2D eigenvalue weighted by atomic mass is 32.1. The number of unbranched alkanes of at least 4 members (excludes halogenated alkanes) is 2. The summed E-state index contributed by atoms with van der Waals surface area (Å²) in [6, 6.07) is 16.6. The summed E-state index contributed by atoms with van der Waals surface area (Å²) in [7, 11) is 0. The van der Waals surface area contributed by atoms with E-state index in [-0.39, 0.29) is 29.0 Å². The Morgan fingerprint density at radius 3 is 2.28 bits per heavy atom. The second kappa shape index (κ2) is 13.4. The number of hydrogen-bond acceptors (Lipinski definition) is 6. The number of allylic oxidation sites excluding steroid dienone is 5. The van der Waals surface area contributed by atoms with Crippen molar-refractivity contribution in [3.63, 3.8) is 0 Å². The van der Waals surface area contributed by atoms with Crippen LogP contribution in [-0.2, 0) is 42.6 Å². The Morgan fingerprint density at radius 2 is 1.59 bits per heavy atom. The number of carboxylic acid groups (broad SMARTS) is 1. The number of hydrogen-bond donors (Lipinski definition) is 1. The standard InChI is InChI=1S/C38H44N2O5S/c1-6-45-34(43)20-12-14-22-40-30-18-10-8-16-28(30)38(4,5)32(40)24-26-35(44)25(36(26)46)23-31-37(2,3)27-15-7-9-17-29(27)39(31)21-13-11-19-33(41)42/h7-10,15-18,23-24H,6,11-14,19-22H2,1-5H3,(H-,41,42,44,46). The first-order valence-electron chi connectivity index (χ1n) is 16.3. The average molecular weight is 641 g/mol. The molecule has 5 rings (SSSR count). The van der Waals surface area contributed by atoms with Crippen LogP contribution in [0.3, 0.4) is 0 Å². The second-order valence-corrected chi connectivity index (χ2v) is 13.7. The minimum atomic E-state index is -0.792. The summed E-state index contributed by atoms with van der Waals surface area (Å²) >= 11 is 5.93. The molecule has 2 aromatic carbocycles. The van der Waals surface area contributed by atoms with E-state index in [0.717, 1.165) is 42.0 Å². The number of ether oxygens (including phenoxy) is 1. The van der Waals surface area contributed by atoms with Crippen molar-refractivity contribution in [2.45, 2.75) is 84.0 Å². The van der Waals surface area contributed by atoms with E-state index in [1.54, 1.807) is 0 Å². The largest absolute Gasteiger partial charge is 0.778 e. The van der Waals surface area contributed by atoms with Crippen molar-refractivity contribution in [3.05, 3.63) is 93.6 Å². The molecular weight excluding hydrogens is 596 g/mol. The maximum absolute atomic E-state index is 13.9. The zero-order valence-corrected chi connectivity index (χ0v) is 28.3. The summed E-state index contributed by atoms with van der Waals surface area (Å²) in [5.74, 6) is -1.03. The molecule has 0 saturated carbocycles. The predicted molar refractivity (Wildman–Crippen MR) is 184 cm³/mol. The molecule has 2 aliphatic heterocycles. The fraction of sp³-hybridized carbons (Fsp3) is 0.421. The molecule has 1 aliphatic carbocycles. The lowest BCUT2D eigenvalue weighted by atomic mass is 9.78. The molecule has 0 unspecified atom stereocenters. The van der Waals surface area contributed by atoms with Gasteiger partial charge in [0.2, 0.25) is 5.69 Å². The quantitative estimate of drug-likeness (QED) is 0.0826. The lowest BCUT2D eigenvalue weighted by molar-refractivity contribution is -0.438. The third kappa shape index (κ3) is 6.19. The first-order chi connectivity index (χ1) is 21.9. The molecule has 242 valence electrons. The van der Waals surface area contributed by atoms with Crippen LogP contribution in [0.1, 0.15) is 84.3 Å². The van der Waals surface area contributed by atoms with Crippen molar-refractivity contribution in [2.75, 3.05) is 24.6 Å². The van der Waals surface area contributed by atoms with Gasteiger partial charge in [-0.05, 0) is 57.7 Å². The molecule has 0 saturated heterocycles. The van der Waals surface area contributed by atoms with Gasteiger partial charge in [-0.15, -0.1) is 0 Å². The van der Waals surface area contributed by atoms with E-state index in [0.29, 0.717) is 48.6 Å². The molecule has 0 atom stereocenters. The molecule has 1 N–H and O–H groups in total. The van der Waals surface area contributed by atoms with Gasteiger partial charge in [-0.3, -0.25) is 14.4 Å². The van der Waals surface area contributed by atoms with E-state index in [2.05, 4.69) is 61.4 Å². The average Bonchev–Trinajstić information content (AvgIpc) is 3.37. The molecule has 8 heteroatoms. The van der Waals surface area contributed by atoms with Gasteiger partial charge < -0.3 is 27.4 Å². The molecule has 7 nitrogen and oxygen atoms in total. The van der Waals surface area contributed by atoms with Crippen LogP contribution in [0.5, 0.6) is 0 Å². The summed E-state index contributed by atoms with van der Waals surface area (Å²) in [6.45, 7) is 12.2. The van der Waals surface area contributed by atoms with Crippen molar-refractivity contribution >= 4 is 47.4 Å². The van der Waals surface area contributed by atoms with Crippen molar-refractivity contribution in [2.24, 2.45) is 0 Å². The van der Waals surface area contributed by atoms with E-state index in [1.165, 1.54) is 11.1 Å².